The maximum atomic E-state index is 11.0. The van der Waals surface area contributed by atoms with E-state index < -0.39 is 0 Å². The number of ether oxygens (including phenoxy) is 1. The molecule has 17 heavy (non-hydrogen) atoms. The summed E-state index contributed by atoms with van der Waals surface area (Å²) in [5, 5.41) is 1.19. The minimum atomic E-state index is 0.246. The van der Waals surface area contributed by atoms with Gasteiger partial charge in [0.2, 0.25) is 0 Å². The first kappa shape index (κ1) is 14.7. The Kier molecular flexibility index (Phi) is 7.49. The Labute approximate surface area is 115 Å². The molecule has 0 fully saturated rings. The number of carbonyl (C=O) groups is 1. The van der Waals surface area contributed by atoms with E-state index in [4.69, 9.17) is 16.3 Å². The number of unbranched alkanes of at least 4 members (excludes halogenated alkanes) is 1. The highest BCUT2D eigenvalue weighted by Gasteiger charge is 2.00. The van der Waals surface area contributed by atoms with Gasteiger partial charge < -0.3 is 4.74 Å². The summed E-state index contributed by atoms with van der Waals surface area (Å²) in [5.74, 6) is 0.246. The molecule has 0 aliphatic rings. The van der Waals surface area contributed by atoms with Crippen molar-refractivity contribution in [3.8, 4) is 0 Å². The number of ketones is 1. The van der Waals surface area contributed by atoms with Crippen molar-refractivity contribution < 1.29 is 9.53 Å². The first-order valence-electron chi connectivity index (χ1n) is 5.63. The lowest BCUT2D eigenvalue weighted by Gasteiger charge is -2.05. The van der Waals surface area contributed by atoms with Crippen LogP contribution in [0.1, 0.15) is 24.8 Å². The monoisotopic (exact) mass is 318 g/mol. The van der Waals surface area contributed by atoms with Crippen LogP contribution in [0.3, 0.4) is 0 Å². The van der Waals surface area contributed by atoms with Crippen molar-refractivity contribution in [2.24, 2.45) is 0 Å². The van der Waals surface area contributed by atoms with Crippen LogP contribution >= 0.6 is 27.5 Å². The van der Waals surface area contributed by atoms with Crippen molar-refractivity contribution in [1.82, 2.24) is 0 Å². The van der Waals surface area contributed by atoms with Gasteiger partial charge in [-0.1, -0.05) is 45.7 Å². The topological polar surface area (TPSA) is 26.3 Å². The van der Waals surface area contributed by atoms with Gasteiger partial charge >= 0.3 is 0 Å². The SMILES string of the molecule is O=C(CBr)CCCCOCc1ccccc1Cl. The number of halogens is 2. The largest absolute Gasteiger partial charge is 0.377 e. The second-order valence-electron chi connectivity index (χ2n) is 3.77. The number of alkyl halides is 1. The van der Waals surface area contributed by atoms with Crippen molar-refractivity contribution in [2.45, 2.75) is 25.9 Å². The van der Waals surface area contributed by atoms with Crippen LogP contribution < -0.4 is 0 Å². The van der Waals surface area contributed by atoms with Crippen LogP contribution in [-0.4, -0.2) is 17.7 Å². The van der Waals surface area contributed by atoms with Crippen LogP contribution in [0.5, 0.6) is 0 Å². The van der Waals surface area contributed by atoms with Gasteiger partial charge in [-0.05, 0) is 24.5 Å². The molecule has 1 rings (SSSR count). The van der Waals surface area contributed by atoms with Crippen molar-refractivity contribution in [3.63, 3.8) is 0 Å². The third-order valence-electron chi connectivity index (χ3n) is 2.36. The van der Waals surface area contributed by atoms with Gasteiger partial charge in [0.15, 0.2) is 0 Å². The molecule has 0 spiro atoms. The van der Waals surface area contributed by atoms with E-state index in [1.165, 1.54) is 0 Å². The first-order chi connectivity index (χ1) is 8.24. The summed E-state index contributed by atoms with van der Waals surface area (Å²) in [5.41, 5.74) is 1.01. The van der Waals surface area contributed by atoms with Crippen molar-refractivity contribution >= 4 is 33.3 Å². The second-order valence-corrected chi connectivity index (χ2v) is 4.74. The van der Waals surface area contributed by atoms with Gasteiger partial charge in [-0.3, -0.25) is 4.79 Å². The van der Waals surface area contributed by atoms with Crippen molar-refractivity contribution in [2.75, 3.05) is 11.9 Å². The van der Waals surface area contributed by atoms with Crippen LogP contribution in [0.15, 0.2) is 24.3 Å². The van der Waals surface area contributed by atoms with Gasteiger partial charge in [0, 0.05) is 18.1 Å². The molecule has 4 heteroatoms. The molecule has 0 aliphatic heterocycles. The predicted octanol–water partition coefficient (Wildman–Crippen LogP) is 3.99. The summed E-state index contributed by atoms with van der Waals surface area (Å²) >= 11 is 9.14. The van der Waals surface area contributed by atoms with E-state index in [0.717, 1.165) is 23.4 Å². The quantitative estimate of drug-likeness (QED) is 0.535. The number of benzene rings is 1. The summed E-state index contributed by atoms with van der Waals surface area (Å²) in [6.07, 6.45) is 2.41. The summed E-state index contributed by atoms with van der Waals surface area (Å²) in [6, 6.07) is 7.66. The molecule has 0 radical (unpaired) electrons. The predicted molar refractivity (Wildman–Crippen MR) is 73.8 cm³/mol. The van der Waals surface area contributed by atoms with E-state index in [1.807, 2.05) is 24.3 Å². The highest BCUT2D eigenvalue weighted by molar-refractivity contribution is 9.09. The highest BCUT2D eigenvalue weighted by atomic mass is 79.9. The minimum absolute atomic E-state index is 0.246. The lowest BCUT2D eigenvalue weighted by Crippen LogP contribution is -2.01. The summed E-state index contributed by atoms with van der Waals surface area (Å²) in [4.78, 5) is 11.0. The molecule has 1 aromatic rings. The molecule has 0 aliphatic carbocycles. The average molecular weight is 320 g/mol. The minimum Gasteiger partial charge on any atom is -0.377 e. The molecule has 0 saturated heterocycles. The van der Waals surface area contributed by atoms with E-state index in [1.54, 1.807) is 0 Å². The highest BCUT2D eigenvalue weighted by Crippen LogP contribution is 2.15. The summed E-state index contributed by atoms with van der Waals surface area (Å²) < 4.78 is 5.51. The Bertz CT molecular complexity index is 355. The number of hydrogen-bond acceptors (Lipinski definition) is 2. The van der Waals surface area contributed by atoms with Crippen LogP contribution in [0.2, 0.25) is 5.02 Å². The molecule has 0 N–H and O–H groups in total. The van der Waals surface area contributed by atoms with Gasteiger partial charge in [-0.2, -0.15) is 0 Å². The van der Waals surface area contributed by atoms with Gasteiger partial charge in [-0.15, -0.1) is 0 Å². The van der Waals surface area contributed by atoms with E-state index in [0.29, 0.717) is 25.0 Å². The fraction of sp³-hybridized carbons (Fsp3) is 0.462. The van der Waals surface area contributed by atoms with E-state index in [2.05, 4.69) is 15.9 Å². The summed E-state index contributed by atoms with van der Waals surface area (Å²) in [6.45, 7) is 1.20. The van der Waals surface area contributed by atoms with Crippen molar-refractivity contribution in [3.05, 3.63) is 34.9 Å². The molecular formula is C13H16BrClO2. The Morgan fingerprint density at radius 1 is 1.29 bits per heavy atom. The van der Waals surface area contributed by atoms with Gasteiger partial charge in [0.05, 0.1) is 11.9 Å². The fourth-order valence-electron chi connectivity index (χ4n) is 1.39. The molecule has 1 aromatic carbocycles. The third kappa shape index (κ3) is 6.20. The maximum Gasteiger partial charge on any atom is 0.143 e. The Hall–Kier alpha value is -0.380. The normalized spacial score (nSPS) is 10.5. The lowest BCUT2D eigenvalue weighted by molar-refractivity contribution is -0.116. The number of Topliss-reactive ketones (excluding diaryl/α,β-unsaturated/α-hetero) is 1. The molecule has 0 aromatic heterocycles. The molecule has 0 heterocycles. The van der Waals surface area contributed by atoms with Crippen LogP contribution in [0, 0.1) is 0 Å². The van der Waals surface area contributed by atoms with Crippen molar-refractivity contribution in [1.29, 1.82) is 0 Å². The standard InChI is InChI=1S/C13H16BrClO2/c14-9-12(16)6-3-4-8-17-10-11-5-1-2-7-13(11)15/h1-2,5,7H,3-4,6,8-10H2. The van der Waals surface area contributed by atoms with E-state index >= 15 is 0 Å². The molecule has 2 nitrogen and oxygen atoms in total. The lowest BCUT2D eigenvalue weighted by atomic mass is 10.2. The smallest absolute Gasteiger partial charge is 0.143 e. The first-order valence-corrected chi connectivity index (χ1v) is 7.13. The van der Waals surface area contributed by atoms with Gasteiger partial charge in [0.1, 0.15) is 5.78 Å². The number of hydrogen-bond donors (Lipinski definition) is 0. The zero-order valence-electron chi connectivity index (χ0n) is 9.62. The molecular weight excluding hydrogens is 303 g/mol. The molecule has 0 amide bonds. The average Bonchev–Trinajstić information content (AvgIpc) is 2.35. The van der Waals surface area contributed by atoms with Crippen LogP contribution in [0.25, 0.3) is 0 Å². The molecule has 0 atom stereocenters. The molecule has 94 valence electrons. The van der Waals surface area contributed by atoms with Gasteiger partial charge in [-0.25, -0.2) is 0 Å². The number of carbonyl (C=O) groups excluding carboxylic acids is 1. The maximum absolute atomic E-state index is 11.0. The van der Waals surface area contributed by atoms with Gasteiger partial charge in [0.25, 0.3) is 0 Å². The Morgan fingerprint density at radius 2 is 2.06 bits per heavy atom. The molecule has 0 saturated carbocycles. The Morgan fingerprint density at radius 3 is 2.76 bits per heavy atom. The molecule has 0 unspecified atom stereocenters. The van der Waals surface area contributed by atoms with E-state index in [-0.39, 0.29) is 5.78 Å². The third-order valence-corrected chi connectivity index (χ3v) is 3.35. The second kappa shape index (κ2) is 8.67. The molecule has 0 bridgehead atoms. The fourth-order valence-corrected chi connectivity index (χ4v) is 1.86. The van der Waals surface area contributed by atoms with E-state index in [9.17, 15) is 4.79 Å². The van der Waals surface area contributed by atoms with Crippen LogP contribution in [0.4, 0.5) is 0 Å². The zero-order valence-corrected chi connectivity index (χ0v) is 12.0. The Balaban J connectivity index is 2.09. The number of rotatable bonds is 8. The zero-order chi connectivity index (χ0) is 12.5. The van der Waals surface area contributed by atoms with Crippen LogP contribution in [-0.2, 0) is 16.1 Å². The summed E-state index contributed by atoms with van der Waals surface area (Å²) in [7, 11) is 0.